The molecule has 2 aromatic rings. The third kappa shape index (κ3) is 1.78. The van der Waals surface area contributed by atoms with Crippen LogP contribution in [0.5, 0.6) is 0 Å². The maximum absolute atomic E-state index is 5.72. The lowest BCUT2D eigenvalue weighted by Gasteiger charge is -2.05. The van der Waals surface area contributed by atoms with Crippen LogP contribution in [0.4, 0.5) is 5.95 Å². The molecule has 0 aliphatic heterocycles. The second kappa shape index (κ2) is 3.86. The van der Waals surface area contributed by atoms with Gasteiger partial charge in [-0.25, -0.2) is 5.10 Å². The first-order chi connectivity index (χ1) is 7.22. The molecule has 1 heterocycles. The minimum absolute atomic E-state index is 0.383. The number of nitrogens with one attached hydrogen (secondary N) is 1. The Morgan fingerprint density at radius 2 is 2.33 bits per heavy atom. The molecule has 78 valence electrons. The average molecular weight is 220 g/mol. The van der Waals surface area contributed by atoms with Crippen molar-refractivity contribution in [3.63, 3.8) is 0 Å². The van der Waals surface area contributed by atoms with Crippen LogP contribution >= 0.6 is 12.2 Å². The Labute approximate surface area is 92.7 Å². The van der Waals surface area contributed by atoms with E-state index in [1.165, 1.54) is 5.56 Å². The van der Waals surface area contributed by atoms with Gasteiger partial charge in [0.25, 0.3) is 0 Å². The number of nitrogens with two attached hydrogens (primary N) is 1. The summed E-state index contributed by atoms with van der Waals surface area (Å²) >= 11 is 5.10. The highest BCUT2D eigenvalue weighted by molar-refractivity contribution is 7.71. The third-order valence-electron chi connectivity index (χ3n) is 2.28. The van der Waals surface area contributed by atoms with E-state index < -0.39 is 0 Å². The van der Waals surface area contributed by atoms with Crippen LogP contribution < -0.4 is 5.73 Å². The summed E-state index contributed by atoms with van der Waals surface area (Å²) in [5, 5.41) is 6.54. The summed E-state index contributed by atoms with van der Waals surface area (Å²) in [5.41, 5.74) is 7.91. The molecule has 0 aliphatic rings. The normalized spacial score (nSPS) is 10.5. The zero-order chi connectivity index (χ0) is 10.8. The molecule has 0 atom stereocenters. The Morgan fingerprint density at radius 1 is 1.53 bits per heavy atom. The van der Waals surface area contributed by atoms with E-state index in [1.54, 1.807) is 4.57 Å². The fraction of sp³-hybridized carbons (Fsp3) is 0.200. The van der Waals surface area contributed by atoms with Gasteiger partial charge in [-0.2, -0.15) is 0 Å². The number of hydrogen-bond acceptors (Lipinski definition) is 3. The van der Waals surface area contributed by atoms with Crippen LogP contribution in [0.25, 0.3) is 5.69 Å². The SMILES string of the molecule is CCc1cccc(-n2c(N)n[nH]c2=S)c1. The van der Waals surface area contributed by atoms with Crippen LogP contribution in [0.3, 0.4) is 0 Å². The lowest BCUT2D eigenvalue weighted by atomic mass is 10.1. The molecule has 5 heteroatoms. The number of benzene rings is 1. The van der Waals surface area contributed by atoms with Crippen LogP contribution in [0.2, 0.25) is 0 Å². The molecule has 15 heavy (non-hydrogen) atoms. The van der Waals surface area contributed by atoms with Gasteiger partial charge in [0.2, 0.25) is 10.7 Å². The Balaban J connectivity index is 2.59. The Morgan fingerprint density at radius 3 is 2.93 bits per heavy atom. The van der Waals surface area contributed by atoms with Crippen LogP contribution in [-0.2, 0) is 6.42 Å². The van der Waals surface area contributed by atoms with Gasteiger partial charge in [-0.05, 0) is 36.3 Å². The van der Waals surface area contributed by atoms with E-state index in [-0.39, 0.29) is 0 Å². The molecule has 0 fully saturated rings. The molecule has 0 saturated carbocycles. The number of aromatic nitrogens is 3. The molecule has 1 aromatic heterocycles. The van der Waals surface area contributed by atoms with Gasteiger partial charge in [-0.15, -0.1) is 5.10 Å². The van der Waals surface area contributed by atoms with Crippen molar-refractivity contribution < 1.29 is 0 Å². The van der Waals surface area contributed by atoms with Crippen molar-refractivity contribution >= 4 is 18.2 Å². The summed E-state index contributed by atoms with van der Waals surface area (Å²) in [7, 11) is 0. The first-order valence-electron chi connectivity index (χ1n) is 4.74. The van der Waals surface area contributed by atoms with Crippen molar-refractivity contribution in [2.45, 2.75) is 13.3 Å². The van der Waals surface area contributed by atoms with Crippen LogP contribution in [-0.4, -0.2) is 14.8 Å². The van der Waals surface area contributed by atoms with Gasteiger partial charge >= 0.3 is 0 Å². The number of hydrogen-bond donors (Lipinski definition) is 2. The zero-order valence-corrected chi connectivity index (χ0v) is 9.21. The average Bonchev–Trinajstić information content (AvgIpc) is 2.59. The second-order valence-corrected chi connectivity index (χ2v) is 3.63. The molecule has 0 radical (unpaired) electrons. The highest BCUT2D eigenvalue weighted by Gasteiger charge is 2.04. The highest BCUT2D eigenvalue weighted by atomic mass is 32.1. The summed E-state index contributed by atoms with van der Waals surface area (Å²) in [4.78, 5) is 0. The summed E-state index contributed by atoms with van der Waals surface area (Å²) < 4.78 is 2.23. The smallest absolute Gasteiger partial charge is 0.225 e. The zero-order valence-electron chi connectivity index (χ0n) is 8.40. The van der Waals surface area contributed by atoms with Crippen molar-refractivity contribution in [3.05, 3.63) is 34.6 Å². The molecule has 0 unspecified atom stereocenters. The van der Waals surface area contributed by atoms with Crippen molar-refractivity contribution in [2.75, 3.05) is 5.73 Å². The van der Waals surface area contributed by atoms with E-state index in [2.05, 4.69) is 29.3 Å². The Bertz CT molecular complexity index is 526. The topological polar surface area (TPSA) is 59.6 Å². The fourth-order valence-electron chi connectivity index (χ4n) is 1.47. The van der Waals surface area contributed by atoms with Gasteiger partial charge in [0, 0.05) is 0 Å². The lowest BCUT2D eigenvalue weighted by molar-refractivity contribution is 1.03. The van der Waals surface area contributed by atoms with E-state index >= 15 is 0 Å². The van der Waals surface area contributed by atoms with E-state index in [0.29, 0.717) is 10.7 Å². The summed E-state index contributed by atoms with van der Waals surface area (Å²) in [5.74, 6) is 0.383. The molecular weight excluding hydrogens is 208 g/mol. The Hall–Kier alpha value is -1.62. The predicted molar refractivity (Wildman–Crippen MR) is 62.5 cm³/mol. The minimum atomic E-state index is 0.383. The van der Waals surface area contributed by atoms with E-state index in [0.717, 1.165) is 12.1 Å². The fourth-order valence-corrected chi connectivity index (χ4v) is 1.72. The number of anilines is 1. The molecule has 0 bridgehead atoms. The molecule has 0 aliphatic carbocycles. The molecule has 0 spiro atoms. The van der Waals surface area contributed by atoms with Gasteiger partial charge in [0.15, 0.2) is 0 Å². The largest absolute Gasteiger partial charge is 0.368 e. The minimum Gasteiger partial charge on any atom is -0.368 e. The highest BCUT2D eigenvalue weighted by Crippen LogP contribution is 2.14. The van der Waals surface area contributed by atoms with Gasteiger partial charge in [0.1, 0.15) is 0 Å². The number of rotatable bonds is 2. The molecule has 0 saturated heterocycles. The molecule has 0 amide bonds. The molecular formula is C10H12N4S. The lowest BCUT2D eigenvalue weighted by Crippen LogP contribution is -2.01. The van der Waals surface area contributed by atoms with Crippen molar-refractivity contribution in [3.8, 4) is 5.69 Å². The summed E-state index contributed by atoms with van der Waals surface area (Å²) in [6.45, 7) is 2.11. The number of aryl methyl sites for hydroxylation is 1. The maximum Gasteiger partial charge on any atom is 0.225 e. The van der Waals surface area contributed by atoms with Gasteiger partial charge in [-0.1, -0.05) is 19.1 Å². The second-order valence-electron chi connectivity index (χ2n) is 3.25. The van der Waals surface area contributed by atoms with Crippen molar-refractivity contribution in [1.29, 1.82) is 0 Å². The van der Waals surface area contributed by atoms with Crippen molar-refractivity contribution in [2.24, 2.45) is 0 Å². The third-order valence-corrected chi connectivity index (χ3v) is 2.55. The molecule has 2 rings (SSSR count). The standard InChI is InChI=1S/C10H12N4S/c1-2-7-4-3-5-8(6-7)14-9(11)12-13-10(14)15/h3-6H,2H2,1H3,(H2,11,12)(H,13,15). The molecule has 3 N–H and O–H groups in total. The van der Waals surface area contributed by atoms with Gasteiger partial charge < -0.3 is 5.73 Å². The number of nitrogen functional groups attached to an aromatic ring is 1. The maximum atomic E-state index is 5.72. The number of H-pyrrole nitrogens is 1. The number of aromatic amines is 1. The summed E-state index contributed by atoms with van der Waals surface area (Å²) in [6.07, 6.45) is 0.985. The first-order valence-corrected chi connectivity index (χ1v) is 5.15. The van der Waals surface area contributed by atoms with Gasteiger partial charge in [-0.3, -0.25) is 4.57 Å². The van der Waals surface area contributed by atoms with Crippen LogP contribution in [0.15, 0.2) is 24.3 Å². The predicted octanol–water partition coefficient (Wildman–Crippen LogP) is 2.07. The van der Waals surface area contributed by atoms with E-state index in [9.17, 15) is 0 Å². The van der Waals surface area contributed by atoms with Crippen molar-refractivity contribution in [1.82, 2.24) is 14.8 Å². The number of nitrogens with zero attached hydrogens (tertiary/aromatic N) is 2. The van der Waals surface area contributed by atoms with Gasteiger partial charge in [0.05, 0.1) is 5.69 Å². The van der Waals surface area contributed by atoms with Crippen LogP contribution in [0.1, 0.15) is 12.5 Å². The first kappa shape index (κ1) is 9.92. The van der Waals surface area contributed by atoms with E-state index in [1.807, 2.05) is 12.1 Å². The molecule has 4 nitrogen and oxygen atoms in total. The Kier molecular flexibility index (Phi) is 2.55. The molecule has 1 aromatic carbocycles. The monoisotopic (exact) mass is 220 g/mol. The summed E-state index contributed by atoms with van der Waals surface area (Å²) in [6, 6.07) is 8.08. The quantitative estimate of drug-likeness (QED) is 0.762. The van der Waals surface area contributed by atoms with E-state index in [4.69, 9.17) is 18.0 Å². The van der Waals surface area contributed by atoms with Crippen LogP contribution in [0, 0.1) is 4.77 Å².